The molecule has 0 atom stereocenters. The summed E-state index contributed by atoms with van der Waals surface area (Å²) in [5.41, 5.74) is 4.54. The molecule has 5 aromatic rings. The third-order valence-corrected chi connectivity index (χ3v) is 7.95. The van der Waals surface area contributed by atoms with E-state index in [0.29, 0.717) is 18.9 Å². The number of aromatic nitrogens is 4. The standard InChI is InChI=1S/C29H30N4O4Si/c1-35-25-11-6-5-10-23(25)26-24-17-22(18-31-28(24)33(32-26)19-36-14-15-38(2,3)4)20-8-7-9-21(16-20)27(34)29-30-12-13-37-29/h5-13,16-18H,14-15,19H2,1-4H3. The highest BCUT2D eigenvalue weighted by atomic mass is 28.3. The number of oxazole rings is 1. The Kier molecular flexibility index (Phi) is 7.21. The van der Waals surface area contributed by atoms with Crippen molar-refractivity contribution in [1.82, 2.24) is 19.7 Å². The molecule has 0 N–H and O–H groups in total. The fourth-order valence-electron chi connectivity index (χ4n) is 4.17. The summed E-state index contributed by atoms with van der Waals surface area (Å²) in [5.74, 6) is 0.510. The van der Waals surface area contributed by atoms with Crippen molar-refractivity contribution in [3.8, 4) is 28.1 Å². The SMILES string of the molecule is COc1ccccc1-c1nn(COCC[Si](C)(C)C)c2ncc(-c3cccc(C(=O)c4ncco4)c3)cc12. The molecule has 0 aliphatic rings. The summed E-state index contributed by atoms with van der Waals surface area (Å²) in [4.78, 5) is 21.6. The van der Waals surface area contributed by atoms with Gasteiger partial charge in [0.25, 0.3) is 5.89 Å². The van der Waals surface area contributed by atoms with E-state index in [1.165, 1.54) is 12.5 Å². The van der Waals surface area contributed by atoms with Gasteiger partial charge in [0, 0.05) is 43.0 Å². The number of ether oxygens (including phenoxy) is 2. The Morgan fingerprint density at radius 2 is 1.87 bits per heavy atom. The Balaban J connectivity index is 1.55. The molecule has 0 amide bonds. The number of carbonyl (C=O) groups excluding carboxylic acids is 1. The molecule has 3 aromatic heterocycles. The summed E-state index contributed by atoms with van der Waals surface area (Å²) >= 11 is 0. The van der Waals surface area contributed by atoms with Crippen LogP contribution in [0.3, 0.4) is 0 Å². The monoisotopic (exact) mass is 526 g/mol. The zero-order chi connectivity index (χ0) is 26.7. The van der Waals surface area contributed by atoms with E-state index in [9.17, 15) is 4.79 Å². The van der Waals surface area contributed by atoms with Crippen LogP contribution < -0.4 is 4.74 Å². The molecule has 3 heterocycles. The van der Waals surface area contributed by atoms with Gasteiger partial charge in [-0.05, 0) is 35.9 Å². The molecule has 0 saturated carbocycles. The second-order valence-electron chi connectivity index (χ2n) is 10.2. The number of pyridine rings is 1. The lowest BCUT2D eigenvalue weighted by molar-refractivity contribution is 0.0814. The third-order valence-electron chi connectivity index (χ3n) is 6.24. The van der Waals surface area contributed by atoms with Crippen molar-refractivity contribution in [2.45, 2.75) is 32.4 Å². The highest BCUT2D eigenvalue weighted by Gasteiger charge is 2.19. The van der Waals surface area contributed by atoms with Crippen LogP contribution in [-0.2, 0) is 11.5 Å². The molecule has 0 radical (unpaired) electrons. The van der Waals surface area contributed by atoms with E-state index in [0.717, 1.165) is 45.2 Å². The number of para-hydroxylation sites is 1. The first kappa shape index (κ1) is 25.6. The average molecular weight is 527 g/mol. The minimum Gasteiger partial charge on any atom is -0.496 e. The van der Waals surface area contributed by atoms with Crippen LogP contribution >= 0.6 is 0 Å². The lowest BCUT2D eigenvalue weighted by Crippen LogP contribution is -2.22. The number of methoxy groups -OCH3 is 1. The van der Waals surface area contributed by atoms with Gasteiger partial charge in [-0.3, -0.25) is 4.79 Å². The minimum absolute atomic E-state index is 0.0598. The lowest BCUT2D eigenvalue weighted by atomic mass is 10.0. The van der Waals surface area contributed by atoms with E-state index in [2.05, 4.69) is 24.6 Å². The molecule has 0 saturated heterocycles. The quantitative estimate of drug-likeness (QED) is 0.120. The van der Waals surface area contributed by atoms with Crippen LogP contribution in [0.15, 0.2) is 77.7 Å². The molecular formula is C29H30N4O4Si. The molecule has 0 spiro atoms. The molecule has 9 heteroatoms. The first-order valence-corrected chi connectivity index (χ1v) is 16.2. The molecule has 0 fully saturated rings. The maximum absolute atomic E-state index is 12.8. The number of benzene rings is 2. The zero-order valence-corrected chi connectivity index (χ0v) is 23.0. The maximum Gasteiger partial charge on any atom is 0.268 e. The van der Waals surface area contributed by atoms with Gasteiger partial charge in [0.15, 0.2) is 5.65 Å². The predicted molar refractivity (Wildman–Crippen MR) is 149 cm³/mol. The third kappa shape index (κ3) is 5.44. The molecule has 0 aliphatic carbocycles. The van der Waals surface area contributed by atoms with Crippen molar-refractivity contribution in [3.63, 3.8) is 0 Å². The smallest absolute Gasteiger partial charge is 0.268 e. The van der Waals surface area contributed by atoms with Crippen molar-refractivity contribution in [1.29, 1.82) is 0 Å². The molecule has 0 aliphatic heterocycles. The van der Waals surface area contributed by atoms with Gasteiger partial charge in [-0.1, -0.05) is 50.0 Å². The second kappa shape index (κ2) is 10.7. The van der Waals surface area contributed by atoms with E-state index < -0.39 is 8.07 Å². The van der Waals surface area contributed by atoms with E-state index in [-0.39, 0.29) is 11.7 Å². The van der Waals surface area contributed by atoms with Crippen molar-refractivity contribution in [2.24, 2.45) is 0 Å². The summed E-state index contributed by atoms with van der Waals surface area (Å²) in [6.45, 7) is 7.98. The molecule has 0 bridgehead atoms. The largest absolute Gasteiger partial charge is 0.496 e. The number of hydrogen-bond donors (Lipinski definition) is 0. The average Bonchev–Trinajstić information content (AvgIpc) is 3.59. The number of hydrogen-bond acceptors (Lipinski definition) is 7. The van der Waals surface area contributed by atoms with Crippen molar-refractivity contribution >= 4 is 24.9 Å². The van der Waals surface area contributed by atoms with Gasteiger partial charge in [-0.2, -0.15) is 5.10 Å². The highest BCUT2D eigenvalue weighted by molar-refractivity contribution is 6.76. The zero-order valence-electron chi connectivity index (χ0n) is 22.0. The Morgan fingerprint density at radius 3 is 2.63 bits per heavy atom. The Bertz CT molecular complexity index is 1570. The lowest BCUT2D eigenvalue weighted by Gasteiger charge is -2.15. The van der Waals surface area contributed by atoms with Gasteiger partial charge in [0.05, 0.1) is 13.3 Å². The first-order chi connectivity index (χ1) is 18.3. The summed E-state index contributed by atoms with van der Waals surface area (Å²) < 4.78 is 18.6. The Hall–Kier alpha value is -4.08. The van der Waals surface area contributed by atoms with Gasteiger partial charge in [0.1, 0.15) is 24.4 Å². The van der Waals surface area contributed by atoms with Crippen LogP contribution in [0.4, 0.5) is 0 Å². The highest BCUT2D eigenvalue weighted by Crippen LogP contribution is 2.35. The molecule has 5 rings (SSSR count). The van der Waals surface area contributed by atoms with Crippen LogP contribution in [0.2, 0.25) is 25.7 Å². The number of carbonyl (C=O) groups is 1. The number of ketones is 1. The summed E-state index contributed by atoms with van der Waals surface area (Å²) in [6, 6.07) is 18.3. The number of fused-ring (bicyclic) bond motifs is 1. The fraction of sp³-hybridized carbons (Fsp3) is 0.241. The van der Waals surface area contributed by atoms with E-state index in [4.69, 9.17) is 24.0 Å². The normalized spacial score (nSPS) is 11.7. The topological polar surface area (TPSA) is 92.3 Å². The van der Waals surface area contributed by atoms with Crippen LogP contribution in [0.1, 0.15) is 16.2 Å². The van der Waals surface area contributed by atoms with Crippen LogP contribution in [0, 0.1) is 0 Å². The molecule has 8 nitrogen and oxygen atoms in total. The van der Waals surface area contributed by atoms with Gasteiger partial charge >= 0.3 is 0 Å². The summed E-state index contributed by atoms with van der Waals surface area (Å²) in [5, 5.41) is 5.77. The van der Waals surface area contributed by atoms with Crippen molar-refractivity contribution in [2.75, 3.05) is 13.7 Å². The summed E-state index contributed by atoms with van der Waals surface area (Å²) in [6.07, 6.45) is 4.64. The van der Waals surface area contributed by atoms with Crippen molar-refractivity contribution in [3.05, 3.63) is 84.7 Å². The van der Waals surface area contributed by atoms with Gasteiger partial charge in [0.2, 0.25) is 5.78 Å². The predicted octanol–water partition coefficient (Wildman–Crippen LogP) is 6.31. The molecule has 194 valence electrons. The Morgan fingerprint density at radius 1 is 1.03 bits per heavy atom. The van der Waals surface area contributed by atoms with Crippen LogP contribution in [0.25, 0.3) is 33.4 Å². The maximum atomic E-state index is 12.8. The van der Waals surface area contributed by atoms with Crippen LogP contribution in [-0.4, -0.2) is 47.3 Å². The van der Waals surface area contributed by atoms with E-state index in [1.807, 2.05) is 48.5 Å². The molecule has 38 heavy (non-hydrogen) atoms. The fourth-order valence-corrected chi connectivity index (χ4v) is 4.93. The summed E-state index contributed by atoms with van der Waals surface area (Å²) in [7, 11) is 0.445. The molecule has 2 aromatic carbocycles. The molecule has 0 unspecified atom stereocenters. The van der Waals surface area contributed by atoms with Gasteiger partial charge in [-0.25, -0.2) is 14.6 Å². The number of nitrogens with zero attached hydrogens (tertiary/aromatic N) is 4. The van der Waals surface area contributed by atoms with E-state index in [1.54, 1.807) is 24.1 Å². The van der Waals surface area contributed by atoms with Gasteiger partial charge < -0.3 is 13.9 Å². The first-order valence-electron chi connectivity index (χ1n) is 12.5. The van der Waals surface area contributed by atoms with Crippen molar-refractivity contribution < 1.29 is 18.7 Å². The molecular weight excluding hydrogens is 496 g/mol. The van der Waals surface area contributed by atoms with E-state index >= 15 is 0 Å². The number of rotatable bonds is 10. The minimum atomic E-state index is -1.21. The Labute approximate surface area is 222 Å². The second-order valence-corrected chi connectivity index (χ2v) is 15.9. The van der Waals surface area contributed by atoms with Gasteiger partial charge in [-0.15, -0.1) is 0 Å². The van der Waals surface area contributed by atoms with Crippen LogP contribution in [0.5, 0.6) is 5.75 Å².